The largest absolute Gasteiger partial charge is 0.469 e. The number of benzene rings is 2. The van der Waals surface area contributed by atoms with Crippen LogP contribution in [0.5, 0.6) is 0 Å². The van der Waals surface area contributed by atoms with E-state index in [0.29, 0.717) is 30.0 Å². The van der Waals surface area contributed by atoms with Crippen LogP contribution in [0.2, 0.25) is 0 Å². The van der Waals surface area contributed by atoms with E-state index in [1.54, 1.807) is 6.07 Å². The molecule has 3 aliphatic rings. The van der Waals surface area contributed by atoms with Crippen molar-refractivity contribution in [3.05, 3.63) is 58.9 Å². The van der Waals surface area contributed by atoms with Crippen LogP contribution < -0.4 is 0 Å². The summed E-state index contributed by atoms with van der Waals surface area (Å²) in [5.41, 5.74) is 4.96. The number of esters is 1. The summed E-state index contributed by atoms with van der Waals surface area (Å²) in [4.78, 5) is 12.0. The monoisotopic (exact) mass is 530 g/mol. The van der Waals surface area contributed by atoms with Crippen molar-refractivity contribution in [2.75, 3.05) is 20.3 Å². The van der Waals surface area contributed by atoms with Gasteiger partial charge in [-0.1, -0.05) is 0 Å². The van der Waals surface area contributed by atoms with Crippen molar-refractivity contribution in [1.82, 2.24) is 14.8 Å². The number of aromatic nitrogens is 3. The maximum atomic E-state index is 14.6. The molecule has 7 nitrogen and oxygen atoms in total. The maximum absolute atomic E-state index is 14.6. The predicted molar refractivity (Wildman–Crippen MR) is 139 cm³/mol. The number of halogens is 2. The summed E-state index contributed by atoms with van der Waals surface area (Å²) in [7, 11) is 1.44. The van der Waals surface area contributed by atoms with Crippen molar-refractivity contribution in [3.8, 4) is 11.8 Å². The molecule has 0 atom stereocenters. The number of rotatable bonds is 4. The van der Waals surface area contributed by atoms with Gasteiger partial charge in [-0.25, -0.2) is 8.78 Å². The zero-order valence-corrected chi connectivity index (χ0v) is 21.6. The number of hydrogen-bond acceptors (Lipinski definition) is 5. The Labute approximate surface area is 223 Å². The molecular formula is C30H28F2N4O3. The number of carbonyl (C=O) groups is 1. The van der Waals surface area contributed by atoms with Gasteiger partial charge < -0.3 is 14.0 Å². The maximum Gasteiger partial charge on any atom is 0.308 e. The van der Waals surface area contributed by atoms with Gasteiger partial charge in [0.15, 0.2) is 17.3 Å². The van der Waals surface area contributed by atoms with Crippen LogP contribution in [0.15, 0.2) is 30.3 Å². The van der Waals surface area contributed by atoms with Gasteiger partial charge in [0.2, 0.25) is 0 Å². The van der Waals surface area contributed by atoms with E-state index in [4.69, 9.17) is 9.47 Å². The molecule has 0 bridgehead atoms. The van der Waals surface area contributed by atoms with E-state index in [1.165, 1.54) is 24.8 Å². The second-order valence-electron chi connectivity index (χ2n) is 11.5. The third-order valence-electron chi connectivity index (χ3n) is 9.26. The van der Waals surface area contributed by atoms with Crippen LogP contribution >= 0.6 is 0 Å². The number of ether oxygens (including phenoxy) is 2. The molecule has 2 aromatic carbocycles. The Bertz CT molecular complexity index is 1660. The smallest absolute Gasteiger partial charge is 0.308 e. The van der Waals surface area contributed by atoms with Crippen molar-refractivity contribution in [1.29, 1.82) is 5.26 Å². The predicted octanol–water partition coefficient (Wildman–Crippen LogP) is 6.00. The van der Waals surface area contributed by atoms with Gasteiger partial charge in [0.1, 0.15) is 6.07 Å². The van der Waals surface area contributed by atoms with Crippen LogP contribution in [0.3, 0.4) is 0 Å². The number of nitrogens with one attached hydrogen (secondary N) is 1. The highest BCUT2D eigenvalue weighted by Crippen LogP contribution is 2.65. The van der Waals surface area contributed by atoms with Gasteiger partial charge in [-0.2, -0.15) is 10.4 Å². The van der Waals surface area contributed by atoms with Gasteiger partial charge in [-0.15, -0.1) is 0 Å². The zero-order chi connectivity index (χ0) is 26.9. The summed E-state index contributed by atoms with van der Waals surface area (Å²) < 4.78 is 41.3. The Morgan fingerprint density at radius 1 is 1.10 bits per heavy atom. The second-order valence-corrected chi connectivity index (χ2v) is 11.5. The van der Waals surface area contributed by atoms with Gasteiger partial charge >= 0.3 is 5.97 Å². The SMILES string of the molecule is COC(=O)C1CC2(C1)CC(c1c(C3CCOCC3)n(-c3ccc(F)c(F)c3)c3cc4c(C#N)n[nH]c4cc13)C2. The fraction of sp³-hybridized carbons (Fsp3) is 0.433. The molecule has 0 unspecified atom stereocenters. The summed E-state index contributed by atoms with van der Waals surface area (Å²) in [5.74, 6) is -1.49. The normalized spacial score (nSPS) is 25.0. The number of hydrogen-bond donors (Lipinski definition) is 1. The highest BCUT2D eigenvalue weighted by atomic mass is 19.2. The first kappa shape index (κ1) is 24.3. The molecule has 1 N–H and O–H groups in total. The highest BCUT2D eigenvalue weighted by Gasteiger charge is 2.56. The number of nitrogens with zero attached hydrogens (tertiary/aromatic N) is 3. The van der Waals surface area contributed by atoms with Gasteiger partial charge in [0.05, 0.1) is 24.1 Å². The van der Waals surface area contributed by atoms with E-state index in [-0.39, 0.29) is 29.1 Å². The lowest BCUT2D eigenvalue weighted by molar-refractivity contribution is -0.159. The molecule has 0 amide bonds. The molecule has 4 aromatic rings. The van der Waals surface area contributed by atoms with Gasteiger partial charge in [0, 0.05) is 47.4 Å². The van der Waals surface area contributed by atoms with E-state index < -0.39 is 11.6 Å². The number of fused-ring (bicyclic) bond motifs is 2. The van der Waals surface area contributed by atoms with Crippen LogP contribution in [0, 0.1) is 34.3 Å². The topological polar surface area (TPSA) is 92.9 Å². The molecular weight excluding hydrogens is 502 g/mol. The number of methoxy groups -OCH3 is 1. The van der Waals surface area contributed by atoms with E-state index in [2.05, 4.69) is 26.9 Å². The first-order valence-electron chi connectivity index (χ1n) is 13.5. The lowest BCUT2D eigenvalue weighted by atomic mass is 9.47. The third kappa shape index (κ3) is 3.69. The Morgan fingerprint density at radius 2 is 1.87 bits per heavy atom. The summed E-state index contributed by atoms with van der Waals surface area (Å²) in [6, 6.07) is 10.2. The minimum Gasteiger partial charge on any atom is -0.469 e. The Hall–Kier alpha value is -3.77. The molecule has 200 valence electrons. The second kappa shape index (κ2) is 8.88. The van der Waals surface area contributed by atoms with Crippen LogP contribution in [-0.4, -0.2) is 41.1 Å². The fourth-order valence-electron chi connectivity index (χ4n) is 7.47. The van der Waals surface area contributed by atoms with Gasteiger partial charge in [0.25, 0.3) is 0 Å². The number of aromatic amines is 1. The minimum absolute atomic E-state index is 0.0246. The van der Waals surface area contributed by atoms with Crippen molar-refractivity contribution in [2.24, 2.45) is 11.3 Å². The van der Waals surface area contributed by atoms with Gasteiger partial charge in [-0.05, 0) is 79.7 Å². The summed E-state index contributed by atoms with van der Waals surface area (Å²) in [5, 5.41) is 18.5. The average Bonchev–Trinajstić information content (AvgIpc) is 3.46. The molecule has 7 rings (SSSR count). The number of H-pyrrole nitrogens is 1. The molecule has 1 aliphatic heterocycles. The molecule has 39 heavy (non-hydrogen) atoms. The summed E-state index contributed by atoms with van der Waals surface area (Å²) in [6.45, 7) is 1.28. The molecule has 0 radical (unpaired) electrons. The lowest BCUT2D eigenvalue weighted by Gasteiger charge is -2.57. The van der Waals surface area contributed by atoms with E-state index in [0.717, 1.165) is 60.6 Å². The van der Waals surface area contributed by atoms with Crippen molar-refractivity contribution in [3.63, 3.8) is 0 Å². The van der Waals surface area contributed by atoms with E-state index >= 15 is 0 Å². The Morgan fingerprint density at radius 3 is 2.56 bits per heavy atom. The van der Waals surface area contributed by atoms with E-state index in [9.17, 15) is 18.8 Å². The molecule has 3 heterocycles. The average molecular weight is 531 g/mol. The summed E-state index contributed by atoms with van der Waals surface area (Å²) >= 11 is 0. The first-order chi connectivity index (χ1) is 18.9. The highest BCUT2D eigenvalue weighted by molar-refractivity contribution is 6.00. The molecule has 2 aliphatic carbocycles. The minimum atomic E-state index is -0.901. The van der Waals surface area contributed by atoms with Gasteiger partial charge in [-0.3, -0.25) is 9.89 Å². The van der Waals surface area contributed by atoms with Crippen LogP contribution in [0.25, 0.3) is 27.5 Å². The van der Waals surface area contributed by atoms with Crippen molar-refractivity contribution in [2.45, 2.75) is 50.4 Å². The van der Waals surface area contributed by atoms with Crippen LogP contribution in [-0.2, 0) is 14.3 Å². The summed E-state index contributed by atoms with van der Waals surface area (Å²) in [6.07, 6.45) is 5.30. The van der Waals surface area contributed by atoms with Crippen LogP contribution in [0.1, 0.15) is 67.3 Å². The molecule has 2 saturated carbocycles. The molecule has 3 fully saturated rings. The molecule has 9 heteroatoms. The Balaban J connectivity index is 1.42. The number of carbonyl (C=O) groups excluding carboxylic acids is 1. The Kier molecular flexibility index (Phi) is 5.53. The zero-order valence-electron chi connectivity index (χ0n) is 21.6. The fourth-order valence-corrected chi connectivity index (χ4v) is 7.47. The molecule has 1 spiro atoms. The first-order valence-corrected chi connectivity index (χ1v) is 13.5. The third-order valence-corrected chi connectivity index (χ3v) is 9.26. The quantitative estimate of drug-likeness (QED) is 0.327. The molecule has 2 aromatic heterocycles. The van der Waals surface area contributed by atoms with Crippen LogP contribution in [0.4, 0.5) is 8.78 Å². The molecule has 1 saturated heterocycles. The lowest BCUT2D eigenvalue weighted by Crippen LogP contribution is -2.49. The van der Waals surface area contributed by atoms with Crippen molar-refractivity contribution < 1.29 is 23.0 Å². The van der Waals surface area contributed by atoms with Crippen molar-refractivity contribution >= 4 is 27.8 Å². The standard InChI is InChI=1S/C30H28F2N4O3/c1-38-29(37)18-13-30(14-18)11-17(12-30)27-21-9-24-20(25(15-33)35-34-24)10-26(21)36(19-2-3-22(31)23(32)8-19)28(27)16-4-6-39-7-5-16/h2-3,8-10,16-18H,4-7,11-14H2,1H3,(H,34,35). The number of nitriles is 1. The van der Waals surface area contributed by atoms with E-state index in [1.807, 2.05) is 6.07 Å².